The highest BCUT2D eigenvalue weighted by Crippen LogP contribution is 2.12. The molecule has 0 aromatic heterocycles. The molecule has 86 valence electrons. The van der Waals surface area contributed by atoms with Gasteiger partial charge in [0.25, 0.3) is 5.91 Å². The Kier molecular flexibility index (Phi) is 4.54. The number of phenols is 1. The van der Waals surface area contributed by atoms with E-state index in [1.54, 1.807) is 18.2 Å². The van der Waals surface area contributed by atoms with E-state index in [1.807, 2.05) is 0 Å². The molecule has 0 spiro atoms. The fraction of sp³-hybridized carbons (Fsp3) is 0.250. The van der Waals surface area contributed by atoms with Crippen molar-refractivity contribution in [2.75, 3.05) is 19.7 Å². The van der Waals surface area contributed by atoms with Gasteiger partial charge in [-0.3, -0.25) is 4.79 Å². The SMILES string of the molecule is C=CCN(CCO)C(=O)c1cccc(O)c1. The largest absolute Gasteiger partial charge is 0.508 e. The minimum Gasteiger partial charge on any atom is -0.508 e. The molecule has 4 nitrogen and oxygen atoms in total. The molecule has 1 aromatic rings. The summed E-state index contributed by atoms with van der Waals surface area (Å²) >= 11 is 0. The molecule has 0 aliphatic carbocycles. The maximum absolute atomic E-state index is 11.9. The predicted molar refractivity (Wildman–Crippen MR) is 61.3 cm³/mol. The van der Waals surface area contributed by atoms with Crippen LogP contribution in [0.3, 0.4) is 0 Å². The van der Waals surface area contributed by atoms with Gasteiger partial charge in [-0.05, 0) is 18.2 Å². The van der Waals surface area contributed by atoms with Gasteiger partial charge in [-0.15, -0.1) is 6.58 Å². The van der Waals surface area contributed by atoms with Gasteiger partial charge in [0.15, 0.2) is 0 Å². The highest BCUT2D eigenvalue weighted by molar-refractivity contribution is 5.94. The van der Waals surface area contributed by atoms with Crippen molar-refractivity contribution >= 4 is 5.91 Å². The van der Waals surface area contributed by atoms with Gasteiger partial charge in [0, 0.05) is 18.7 Å². The molecule has 0 heterocycles. The summed E-state index contributed by atoms with van der Waals surface area (Å²) in [6, 6.07) is 6.12. The molecule has 2 N–H and O–H groups in total. The molecular formula is C12H15NO3. The number of hydrogen-bond donors (Lipinski definition) is 2. The second kappa shape index (κ2) is 5.92. The van der Waals surface area contributed by atoms with Gasteiger partial charge in [-0.1, -0.05) is 12.1 Å². The minimum absolute atomic E-state index is 0.0494. The van der Waals surface area contributed by atoms with E-state index in [4.69, 9.17) is 5.11 Å². The van der Waals surface area contributed by atoms with Gasteiger partial charge in [0.1, 0.15) is 5.75 Å². The molecule has 0 unspecified atom stereocenters. The standard InChI is InChI=1S/C12H15NO3/c1-2-6-13(7-8-14)12(16)10-4-3-5-11(15)9-10/h2-5,9,14-15H,1,6-8H2. The summed E-state index contributed by atoms with van der Waals surface area (Å²) in [4.78, 5) is 13.4. The van der Waals surface area contributed by atoms with E-state index in [9.17, 15) is 9.90 Å². The van der Waals surface area contributed by atoms with E-state index < -0.39 is 0 Å². The minimum atomic E-state index is -0.232. The van der Waals surface area contributed by atoms with E-state index in [0.29, 0.717) is 12.1 Å². The summed E-state index contributed by atoms with van der Waals surface area (Å²) in [5.74, 6) is -0.182. The molecule has 1 aromatic carbocycles. The van der Waals surface area contributed by atoms with Crippen LogP contribution in [0.15, 0.2) is 36.9 Å². The van der Waals surface area contributed by atoms with Crippen LogP contribution in [0.4, 0.5) is 0 Å². The number of phenolic OH excluding ortho intramolecular Hbond substituents is 1. The van der Waals surface area contributed by atoms with E-state index >= 15 is 0 Å². The summed E-state index contributed by atoms with van der Waals surface area (Å²) in [7, 11) is 0. The van der Waals surface area contributed by atoms with Crippen LogP contribution < -0.4 is 0 Å². The number of aromatic hydroxyl groups is 1. The van der Waals surface area contributed by atoms with Crippen LogP contribution in [-0.4, -0.2) is 40.7 Å². The highest BCUT2D eigenvalue weighted by Gasteiger charge is 2.13. The Morgan fingerprint density at radius 2 is 2.25 bits per heavy atom. The van der Waals surface area contributed by atoms with Crippen molar-refractivity contribution in [1.29, 1.82) is 0 Å². The fourth-order valence-corrected chi connectivity index (χ4v) is 1.37. The lowest BCUT2D eigenvalue weighted by Crippen LogP contribution is -2.33. The Morgan fingerprint density at radius 3 is 2.81 bits per heavy atom. The van der Waals surface area contributed by atoms with Gasteiger partial charge < -0.3 is 15.1 Å². The number of nitrogens with zero attached hydrogens (tertiary/aromatic N) is 1. The third-order valence-electron chi connectivity index (χ3n) is 2.10. The predicted octanol–water partition coefficient (Wildman–Crippen LogP) is 1.01. The molecular weight excluding hydrogens is 206 g/mol. The Balaban J connectivity index is 2.85. The number of hydrogen-bond acceptors (Lipinski definition) is 3. The van der Waals surface area contributed by atoms with E-state index in [-0.39, 0.29) is 24.8 Å². The molecule has 0 saturated carbocycles. The maximum atomic E-state index is 11.9. The zero-order valence-corrected chi connectivity index (χ0v) is 8.97. The normalized spacial score (nSPS) is 9.81. The van der Waals surface area contributed by atoms with Crippen molar-refractivity contribution in [2.45, 2.75) is 0 Å². The third-order valence-corrected chi connectivity index (χ3v) is 2.10. The monoisotopic (exact) mass is 221 g/mol. The van der Waals surface area contributed by atoms with Gasteiger partial charge in [-0.25, -0.2) is 0 Å². The van der Waals surface area contributed by atoms with Gasteiger partial charge in [0.05, 0.1) is 6.61 Å². The summed E-state index contributed by atoms with van der Waals surface area (Å²) < 4.78 is 0. The zero-order valence-electron chi connectivity index (χ0n) is 8.97. The van der Waals surface area contributed by atoms with E-state index in [1.165, 1.54) is 17.0 Å². The first-order valence-electron chi connectivity index (χ1n) is 4.99. The quantitative estimate of drug-likeness (QED) is 0.729. The molecule has 0 aliphatic rings. The van der Waals surface area contributed by atoms with Crippen LogP contribution in [-0.2, 0) is 0 Å². The molecule has 0 saturated heterocycles. The van der Waals surface area contributed by atoms with Crippen LogP contribution in [0.2, 0.25) is 0 Å². The van der Waals surface area contributed by atoms with E-state index in [0.717, 1.165) is 0 Å². The van der Waals surface area contributed by atoms with Crippen LogP contribution in [0.25, 0.3) is 0 Å². The van der Waals surface area contributed by atoms with E-state index in [2.05, 4.69) is 6.58 Å². The Morgan fingerprint density at radius 1 is 1.50 bits per heavy atom. The lowest BCUT2D eigenvalue weighted by molar-refractivity contribution is 0.0742. The van der Waals surface area contributed by atoms with Gasteiger partial charge in [-0.2, -0.15) is 0 Å². The molecule has 4 heteroatoms. The highest BCUT2D eigenvalue weighted by atomic mass is 16.3. The number of amides is 1. The number of benzene rings is 1. The van der Waals surface area contributed by atoms with Crippen molar-refractivity contribution in [3.05, 3.63) is 42.5 Å². The number of aliphatic hydroxyl groups excluding tert-OH is 1. The Labute approximate surface area is 94.4 Å². The molecule has 0 radical (unpaired) electrons. The average Bonchev–Trinajstić information content (AvgIpc) is 2.28. The molecule has 1 rings (SSSR count). The molecule has 0 aliphatic heterocycles. The number of carbonyl (C=O) groups is 1. The smallest absolute Gasteiger partial charge is 0.254 e. The lowest BCUT2D eigenvalue weighted by Gasteiger charge is -2.19. The number of rotatable bonds is 5. The average molecular weight is 221 g/mol. The van der Waals surface area contributed by atoms with Crippen LogP contribution in [0.1, 0.15) is 10.4 Å². The van der Waals surface area contributed by atoms with Crippen LogP contribution >= 0.6 is 0 Å². The maximum Gasteiger partial charge on any atom is 0.254 e. The summed E-state index contributed by atoms with van der Waals surface area (Å²) in [5.41, 5.74) is 0.398. The zero-order chi connectivity index (χ0) is 12.0. The van der Waals surface area contributed by atoms with Gasteiger partial charge >= 0.3 is 0 Å². The van der Waals surface area contributed by atoms with Crippen molar-refractivity contribution in [1.82, 2.24) is 4.90 Å². The van der Waals surface area contributed by atoms with Crippen LogP contribution in [0, 0.1) is 0 Å². The first-order chi connectivity index (χ1) is 7.69. The molecule has 0 atom stereocenters. The topological polar surface area (TPSA) is 60.8 Å². The first-order valence-corrected chi connectivity index (χ1v) is 4.99. The van der Waals surface area contributed by atoms with Crippen molar-refractivity contribution in [3.8, 4) is 5.75 Å². The van der Waals surface area contributed by atoms with Gasteiger partial charge in [0.2, 0.25) is 0 Å². The molecule has 16 heavy (non-hydrogen) atoms. The Bertz CT molecular complexity index is 376. The molecule has 1 amide bonds. The molecule has 0 fully saturated rings. The second-order valence-corrected chi connectivity index (χ2v) is 3.31. The summed E-state index contributed by atoms with van der Waals surface area (Å²) in [6.45, 7) is 4.07. The number of aliphatic hydroxyl groups is 1. The Hall–Kier alpha value is -1.81. The number of carbonyl (C=O) groups excluding carboxylic acids is 1. The van der Waals surface area contributed by atoms with Crippen molar-refractivity contribution < 1.29 is 15.0 Å². The van der Waals surface area contributed by atoms with Crippen molar-refractivity contribution in [2.24, 2.45) is 0 Å². The summed E-state index contributed by atoms with van der Waals surface area (Å²) in [6.07, 6.45) is 1.59. The lowest BCUT2D eigenvalue weighted by atomic mass is 10.2. The third kappa shape index (κ3) is 3.10. The first kappa shape index (κ1) is 12.3. The van der Waals surface area contributed by atoms with Crippen LogP contribution in [0.5, 0.6) is 5.75 Å². The molecule has 0 bridgehead atoms. The fourth-order valence-electron chi connectivity index (χ4n) is 1.37. The summed E-state index contributed by atoms with van der Waals surface area (Å²) in [5, 5.41) is 18.1. The second-order valence-electron chi connectivity index (χ2n) is 3.31. The van der Waals surface area contributed by atoms with Crippen molar-refractivity contribution in [3.63, 3.8) is 0 Å².